The van der Waals surface area contributed by atoms with Gasteiger partial charge in [-0.05, 0) is 43.2 Å². The summed E-state index contributed by atoms with van der Waals surface area (Å²) in [6.07, 6.45) is 3.62. The molecule has 1 aliphatic heterocycles. The average molecular weight is 408 g/mol. The molecule has 2 heterocycles. The minimum atomic E-state index is -0.688. The summed E-state index contributed by atoms with van der Waals surface area (Å²) in [5, 5.41) is 5.38. The summed E-state index contributed by atoms with van der Waals surface area (Å²) in [6, 6.07) is 11.1. The molecule has 3 rings (SSSR count). The third-order valence-electron chi connectivity index (χ3n) is 4.65. The molecule has 0 saturated carbocycles. The third kappa shape index (κ3) is 5.28. The molecule has 0 saturated heterocycles. The van der Waals surface area contributed by atoms with Crippen molar-refractivity contribution >= 4 is 29.2 Å². The Labute approximate surface area is 175 Å². The van der Waals surface area contributed by atoms with Gasteiger partial charge in [0.25, 0.3) is 5.91 Å². The Morgan fingerprint density at radius 3 is 2.73 bits per heavy atom. The molecule has 0 bridgehead atoms. The lowest BCUT2D eigenvalue weighted by Crippen LogP contribution is -2.37. The highest BCUT2D eigenvalue weighted by molar-refractivity contribution is 6.37. The van der Waals surface area contributed by atoms with Gasteiger partial charge in [0.05, 0.1) is 6.54 Å². The number of amides is 2. The zero-order valence-corrected chi connectivity index (χ0v) is 17.1. The van der Waals surface area contributed by atoms with E-state index in [0.29, 0.717) is 6.54 Å². The predicted octanol–water partition coefficient (Wildman–Crippen LogP) is 2.46. The molecule has 0 aliphatic carbocycles. The van der Waals surface area contributed by atoms with E-state index in [1.54, 1.807) is 23.4 Å². The first-order chi connectivity index (χ1) is 14.5. The first-order valence-electron chi connectivity index (χ1n) is 9.79. The van der Waals surface area contributed by atoms with Crippen molar-refractivity contribution in [3.8, 4) is 0 Å². The van der Waals surface area contributed by atoms with Gasteiger partial charge in [0.15, 0.2) is 6.61 Å². The standard InChI is InChI=1S/C22H24N4O4/c1-3-25(18-8-4-6-16(2)12-18)21(28)15-30-22(29)19-9-10-20(27)26(24-19)14-17-7-5-11-23-13-17/h4-8,11-13H,3,9-10,14-15H2,1-2H3. The maximum Gasteiger partial charge on any atom is 0.355 e. The van der Waals surface area contributed by atoms with Crippen LogP contribution in [0.1, 0.15) is 30.9 Å². The molecule has 0 radical (unpaired) electrons. The van der Waals surface area contributed by atoms with Crippen LogP contribution in [0, 0.1) is 6.92 Å². The van der Waals surface area contributed by atoms with E-state index >= 15 is 0 Å². The molecule has 0 unspecified atom stereocenters. The number of ether oxygens (including phenoxy) is 1. The summed E-state index contributed by atoms with van der Waals surface area (Å²) in [5.74, 6) is -1.19. The lowest BCUT2D eigenvalue weighted by Gasteiger charge is -2.23. The van der Waals surface area contributed by atoms with Crippen molar-refractivity contribution in [3.05, 3.63) is 59.9 Å². The third-order valence-corrected chi connectivity index (χ3v) is 4.65. The van der Waals surface area contributed by atoms with Crippen molar-refractivity contribution in [1.29, 1.82) is 0 Å². The van der Waals surface area contributed by atoms with E-state index in [2.05, 4.69) is 10.1 Å². The van der Waals surface area contributed by atoms with Crippen molar-refractivity contribution in [2.24, 2.45) is 5.10 Å². The molecule has 1 aliphatic rings. The summed E-state index contributed by atoms with van der Waals surface area (Å²) in [4.78, 5) is 42.7. The number of esters is 1. The molecule has 0 N–H and O–H groups in total. The quantitative estimate of drug-likeness (QED) is 0.656. The zero-order chi connectivity index (χ0) is 21.5. The van der Waals surface area contributed by atoms with Gasteiger partial charge >= 0.3 is 5.97 Å². The zero-order valence-electron chi connectivity index (χ0n) is 17.1. The number of hydrogen-bond acceptors (Lipinski definition) is 6. The SMILES string of the molecule is CCN(C(=O)COC(=O)C1=NN(Cc2cccnc2)C(=O)CC1)c1cccc(C)c1. The number of aromatic nitrogens is 1. The maximum atomic E-state index is 12.6. The van der Waals surface area contributed by atoms with Gasteiger partial charge < -0.3 is 9.64 Å². The predicted molar refractivity (Wildman–Crippen MR) is 112 cm³/mol. The van der Waals surface area contributed by atoms with E-state index in [1.165, 1.54) is 5.01 Å². The number of pyridine rings is 1. The van der Waals surface area contributed by atoms with Crippen LogP contribution < -0.4 is 4.90 Å². The molecular weight excluding hydrogens is 384 g/mol. The summed E-state index contributed by atoms with van der Waals surface area (Å²) in [7, 11) is 0. The number of anilines is 1. The number of carbonyl (C=O) groups is 3. The van der Waals surface area contributed by atoms with Crippen molar-refractivity contribution < 1.29 is 19.1 Å². The van der Waals surface area contributed by atoms with Gasteiger partial charge in [-0.2, -0.15) is 5.10 Å². The van der Waals surface area contributed by atoms with E-state index in [1.807, 2.05) is 44.2 Å². The Kier molecular flexibility index (Phi) is 6.90. The number of hydrazone groups is 1. The van der Waals surface area contributed by atoms with Gasteiger partial charge in [-0.25, -0.2) is 9.80 Å². The largest absolute Gasteiger partial charge is 0.451 e. The lowest BCUT2D eigenvalue weighted by atomic mass is 10.1. The molecule has 2 amide bonds. The normalized spacial score (nSPS) is 13.6. The molecule has 0 spiro atoms. The fourth-order valence-electron chi connectivity index (χ4n) is 3.12. The van der Waals surface area contributed by atoms with Crippen LogP contribution >= 0.6 is 0 Å². The first-order valence-corrected chi connectivity index (χ1v) is 9.79. The second-order valence-corrected chi connectivity index (χ2v) is 6.91. The summed E-state index contributed by atoms with van der Waals surface area (Å²) >= 11 is 0. The highest BCUT2D eigenvalue weighted by Gasteiger charge is 2.26. The van der Waals surface area contributed by atoms with E-state index in [9.17, 15) is 14.4 Å². The van der Waals surface area contributed by atoms with Crippen molar-refractivity contribution in [3.63, 3.8) is 0 Å². The second kappa shape index (κ2) is 9.78. The van der Waals surface area contributed by atoms with Crippen LogP contribution in [0.25, 0.3) is 0 Å². The smallest absolute Gasteiger partial charge is 0.355 e. The average Bonchev–Trinajstić information content (AvgIpc) is 2.75. The summed E-state index contributed by atoms with van der Waals surface area (Å²) in [5.41, 5.74) is 2.72. The molecule has 0 fully saturated rings. The number of nitrogens with zero attached hydrogens (tertiary/aromatic N) is 4. The minimum absolute atomic E-state index is 0.130. The lowest BCUT2D eigenvalue weighted by molar-refractivity contribution is -0.141. The minimum Gasteiger partial charge on any atom is -0.451 e. The molecule has 30 heavy (non-hydrogen) atoms. The molecule has 1 aromatic heterocycles. The number of rotatable bonds is 7. The maximum absolute atomic E-state index is 12.6. The van der Waals surface area contributed by atoms with Gasteiger partial charge in [-0.1, -0.05) is 18.2 Å². The van der Waals surface area contributed by atoms with Crippen LogP contribution in [0.5, 0.6) is 0 Å². The Balaban J connectivity index is 1.62. The van der Waals surface area contributed by atoms with Gasteiger partial charge in [-0.3, -0.25) is 14.6 Å². The van der Waals surface area contributed by atoms with Gasteiger partial charge in [0, 0.05) is 37.5 Å². The van der Waals surface area contributed by atoms with Crippen molar-refractivity contribution in [2.45, 2.75) is 33.2 Å². The summed E-state index contributed by atoms with van der Waals surface area (Å²) in [6.45, 7) is 4.08. The number of hydrogen-bond donors (Lipinski definition) is 0. The van der Waals surface area contributed by atoms with Crippen molar-refractivity contribution in [2.75, 3.05) is 18.1 Å². The van der Waals surface area contributed by atoms with E-state index in [0.717, 1.165) is 16.8 Å². The Hall–Kier alpha value is -3.55. The fourth-order valence-corrected chi connectivity index (χ4v) is 3.12. The number of likely N-dealkylation sites (N-methyl/N-ethyl adjacent to an activating group) is 1. The fraction of sp³-hybridized carbons (Fsp3) is 0.318. The molecular formula is C22H24N4O4. The molecule has 0 atom stereocenters. The van der Waals surface area contributed by atoms with Crippen LogP contribution in [0.2, 0.25) is 0 Å². The molecule has 8 heteroatoms. The Morgan fingerprint density at radius 1 is 1.20 bits per heavy atom. The van der Waals surface area contributed by atoms with Crippen LogP contribution in [0.3, 0.4) is 0 Å². The van der Waals surface area contributed by atoms with Crippen molar-refractivity contribution in [1.82, 2.24) is 9.99 Å². The first kappa shape index (κ1) is 21.2. The molecule has 2 aromatic rings. The van der Waals surface area contributed by atoms with Gasteiger partial charge in [-0.15, -0.1) is 0 Å². The van der Waals surface area contributed by atoms with E-state index in [4.69, 9.17) is 4.74 Å². The topological polar surface area (TPSA) is 92.2 Å². The van der Waals surface area contributed by atoms with Gasteiger partial charge in [0.2, 0.25) is 5.91 Å². The Bertz CT molecular complexity index is 959. The van der Waals surface area contributed by atoms with E-state index < -0.39 is 12.6 Å². The monoisotopic (exact) mass is 408 g/mol. The highest BCUT2D eigenvalue weighted by atomic mass is 16.5. The molecule has 8 nitrogen and oxygen atoms in total. The van der Waals surface area contributed by atoms with Crippen LogP contribution in [-0.2, 0) is 25.7 Å². The highest BCUT2D eigenvalue weighted by Crippen LogP contribution is 2.17. The number of aryl methyl sites for hydroxylation is 1. The van der Waals surface area contributed by atoms with Crippen LogP contribution in [0.15, 0.2) is 53.9 Å². The van der Waals surface area contributed by atoms with Crippen LogP contribution in [0.4, 0.5) is 5.69 Å². The summed E-state index contributed by atoms with van der Waals surface area (Å²) < 4.78 is 5.20. The van der Waals surface area contributed by atoms with E-state index in [-0.39, 0.29) is 36.9 Å². The van der Waals surface area contributed by atoms with Gasteiger partial charge in [0.1, 0.15) is 5.71 Å². The molecule has 156 valence electrons. The Morgan fingerprint density at radius 2 is 2.03 bits per heavy atom. The van der Waals surface area contributed by atoms with Crippen LogP contribution in [-0.4, -0.2) is 46.6 Å². The number of carbonyl (C=O) groups excluding carboxylic acids is 3. The number of benzene rings is 1. The molecule has 1 aromatic carbocycles. The second-order valence-electron chi connectivity index (χ2n) is 6.91.